The summed E-state index contributed by atoms with van der Waals surface area (Å²) in [5, 5.41) is 3.67. The maximum atomic E-state index is 12.8. The molecule has 0 radical (unpaired) electrons. The summed E-state index contributed by atoms with van der Waals surface area (Å²) in [6.07, 6.45) is 7.64. The van der Waals surface area contributed by atoms with E-state index in [1.54, 1.807) is 0 Å². The number of nitrogens with one attached hydrogen (secondary N) is 2. The highest BCUT2D eigenvalue weighted by molar-refractivity contribution is 7.90. The molecular formula is C17H29N3OS. The van der Waals surface area contributed by atoms with E-state index in [1.165, 1.54) is 12.8 Å². The standard InChI is InChI=1S/C17H29N3OS/c1-12-8-9-16(14(18)11-12)22(21)20-15-7-4-6-13-5-2-3-10-19-17(13)15/h12-17,19-20H,4-11,18H2,1H3/t12-,13?,14?,15?,16+,17?,22?/m0/s1. The van der Waals surface area contributed by atoms with Crippen molar-refractivity contribution >= 4 is 11.4 Å². The Hall–Kier alpha value is -0.250. The van der Waals surface area contributed by atoms with Gasteiger partial charge in [-0.2, -0.15) is 0 Å². The molecule has 0 spiro atoms. The van der Waals surface area contributed by atoms with Gasteiger partial charge in [-0.25, -0.2) is 0 Å². The van der Waals surface area contributed by atoms with Crippen LogP contribution in [0, 0.1) is 23.7 Å². The lowest BCUT2D eigenvalue weighted by Crippen LogP contribution is -2.58. The van der Waals surface area contributed by atoms with Gasteiger partial charge in [0.2, 0.25) is 0 Å². The van der Waals surface area contributed by atoms with Gasteiger partial charge >= 0.3 is 0 Å². The summed E-state index contributed by atoms with van der Waals surface area (Å²) in [7, 11) is 0. The largest absolute Gasteiger partial charge is 0.598 e. The second-order valence-electron chi connectivity index (χ2n) is 7.30. The summed E-state index contributed by atoms with van der Waals surface area (Å²) in [5.74, 6) is 7.69. The van der Waals surface area contributed by atoms with Gasteiger partial charge in [-0.3, -0.25) is 0 Å². The third-order valence-electron chi connectivity index (χ3n) is 5.59. The third-order valence-corrected chi connectivity index (χ3v) is 7.26. The Morgan fingerprint density at radius 3 is 2.91 bits per heavy atom. The molecule has 5 unspecified atom stereocenters. The van der Waals surface area contributed by atoms with Crippen molar-refractivity contribution in [3.63, 3.8) is 0 Å². The van der Waals surface area contributed by atoms with E-state index in [0.29, 0.717) is 17.9 Å². The molecule has 4 nitrogen and oxygen atoms in total. The summed E-state index contributed by atoms with van der Waals surface area (Å²) >= 11 is -1.03. The van der Waals surface area contributed by atoms with E-state index in [1.807, 2.05) is 0 Å². The SMILES string of the molecule is C[C@H]1CC[C@@H]([S+]([O-])NC2CCCC3CC#CCNC32)C(N)C1. The molecule has 2 saturated carbocycles. The van der Waals surface area contributed by atoms with Crippen LogP contribution < -0.4 is 15.8 Å². The number of hydrogen-bond donors (Lipinski definition) is 3. The van der Waals surface area contributed by atoms with Crippen molar-refractivity contribution in [2.75, 3.05) is 6.54 Å². The van der Waals surface area contributed by atoms with Crippen LogP contribution in [0.3, 0.4) is 0 Å². The molecule has 7 atom stereocenters. The molecule has 0 amide bonds. The fourth-order valence-electron chi connectivity index (χ4n) is 4.29. The molecule has 0 bridgehead atoms. The molecular weight excluding hydrogens is 294 g/mol. The van der Waals surface area contributed by atoms with Gasteiger partial charge in [-0.1, -0.05) is 19.3 Å². The van der Waals surface area contributed by atoms with Crippen LogP contribution in [0.1, 0.15) is 51.9 Å². The van der Waals surface area contributed by atoms with E-state index in [2.05, 4.69) is 28.8 Å². The van der Waals surface area contributed by atoms with Crippen molar-refractivity contribution in [3.05, 3.63) is 0 Å². The first-order valence-electron chi connectivity index (χ1n) is 8.76. The zero-order valence-electron chi connectivity index (χ0n) is 13.5. The van der Waals surface area contributed by atoms with E-state index in [-0.39, 0.29) is 17.3 Å². The fraction of sp³-hybridized carbons (Fsp3) is 0.882. The van der Waals surface area contributed by atoms with Crippen molar-refractivity contribution in [1.29, 1.82) is 0 Å². The van der Waals surface area contributed by atoms with Gasteiger partial charge in [0.05, 0.1) is 18.6 Å². The number of hydrogen-bond acceptors (Lipinski definition) is 4. The van der Waals surface area contributed by atoms with E-state index >= 15 is 0 Å². The maximum Gasteiger partial charge on any atom is 0.150 e. The molecule has 5 heteroatoms. The van der Waals surface area contributed by atoms with Crippen molar-refractivity contribution in [2.45, 2.75) is 75.2 Å². The topological polar surface area (TPSA) is 73.1 Å². The molecule has 22 heavy (non-hydrogen) atoms. The van der Waals surface area contributed by atoms with Crippen LogP contribution in [0.2, 0.25) is 0 Å². The number of rotatable bonds is 3. The molecule has 1 aliphatic heterocycles. The zero-order chi connectivity index (χ0) is 15.5. The molecule has 124 valence electrons. The molecule has 2 aliphatic carbocycles. The predicted molar refractivity (Wildman–Crippen MR) is 91.4 cm³/mol. The third kappa shape index (κ3) is 3.80. The van der Waals surface area contributed by atoms with Crippen LogP contribution in [0.15, 0.2) is 0 Å². The maximum absolute atomic E-state index is 12.8. The average Bonchev–Trinajstić information content (AvgIpc) is 2.73. The van der Waals surface area contributed by atoms with Crippen molar-refractivity contribution < 1.29 is 4.55 Å². The molecule has 2 fully saturated rings. The Bertz CT molecular complexity index is 435. The first-order chi connectivity index (χ1) is 10.6. The normalized spacial score (nSPS) is 43.4. The number of nitrogens with two attached hydrogens (primary N) is 1. The average molecular weight is 324 g/mol. The minimum atomic E-state index is -1.03. The Kier molecular flexibility index (Phi) is 5.69. The second-order valence-corrected chi connectivity index (χ2v) is 8.73. The Morgan fingerprint density at radius 2 is 2.09 bits per heavy atom. The lowest BCUT2D eigenvalue weighted by Gasteiger charge is -2.39. The predicted octanol–water partition coefficient (Wildman–Crippen LogP) is 1.29. The van der Waals surface area contributed by atoms with Gasteiger partial charge in [0.15, 0.2) is 0 Å². The summed E-state index contributed by atoms with van der Waals surface area (Å²) < 4.78 is 16.2. The van der Waals surface area contributed by atoms with Crippen LogP contribution in [-0.4, -0.2) is 34.5 Å². The number of fused-ring (bicyclic) bond motifs is 1. The van der Waals surface area contributed by atoms with E-state index in [9.17, 15) is 4.55 Å². The smallest absolute Gasteiger partial charge is 0.150 e. The molecule has 3 aliphatic rings. The highest BCUT2D eigenvalue weighted by Gasteiger charge is 2.40. The van der Waals surface area contributed by atoms with Gasteiger partial charge in [0.25, 0.3) is 0 Å². The molecule has 0 aromatic heterocycles. The molecule has 4 N–H and O–H groups in total. The van der Waals surface area contributed by atoms with Gasteiger partial charge in [-0.15, -0.1) is 10.6 Å². The van der Waals surface area contributed by atoms with E-state index in [4.69, 9.17) is 5.73 Å². The second kappa shape index (κ2) is 7.55. The van der Waals surface area contributed by atoms with Crippen LogP contribution in [0.5, 0.6) is 0 Å². The highest BCUT2D eigenvalue weighted by atomic mass is 32.2. The van der Waals surface area contributed by atoms with Gasteiger partial charge in [0.1, 0.15) is 5.25 Å². The fourth-order valence-corrected chi connectivity index (χ4v) is 5.81. The quantitative estimate of drug-likeness (QED) is 0.540. The minimum Gasteiger partial charge on any atom is -0.598 e. The van der Waals surface area contributed by atoms with Crippen LogP contribution in [0.25, 0.3) is 0 Å². The molecule has 0 saturated heterocycles. The lowest BCUT2D eigenvalue weighted by molar-refractivity contribution is 0.231. The zero-order valence-corrected chi connectivity index (χ0v) is 14.3. The minimum absolute atomic E-state index is 0.0712. The Morgan fingerprint density at radius 1 is 1.23 bits per heavy atom. The van der Waals surface area contributed by atoms with E-state index in [0.717, 1.165) is 38.6 Å². The summed E-state index contributed by atoms with van der Waals surface area (Å²) in [6, 6.07) is 0.744. The van der Waals surface area contributed by atoms with Gasteiger partial charge in [0, 0.05) is 23.8 Å². The van der Waals surface area contributed by atoms with Gasteiger partial charge < -0.3 is 15.6 Å². The van der Waals surface area contributed by atoms with Crippen LogP contribution >= 0.6 is 0 Å². The lowest BCUT2D eigenvalue weighted by atomic mass is 9.80. The molecule has 0 aromatic carbocycles. The Balaban J connectivity index is 1.59. The monoisotopic (exact) mass is 323 g/mol. The molecule has 1 heterocycles. The van der Waals surface area contributed by atoms with Gasteiger partial charge in [-0.05, 0) is 43.9 Å². The summed E-state index contributed by atoms with van der Waals surface area (Å²) in [5.41, 5.74) is 6.26. The molecule has 0 aromatic rings. The van der Waals surface area contributed by atoms with Crippen molar-refractivity contribution in [2.24, 2.45) is 17.6 Å². The Labute approximate surface area is 137 Å². The van der Waals surface area contributed by atoms with Crippen LogP contribution in [0.4, 0.5) is 0 Å². The first-order valence-corrected chi connectivity index (χ1v) is 9.98. The summed E-state index contributed by atoms with van der Waals surface area (Å²) in [6.45, 7) is 3.00. The van der Waals surface area contributed by atoms with Crippen molar-refractivity contribution in [1.82, 2.24) is 10.0 Å². The van der Waals surface area contributed by atoms with Crippen LogP contribution in [-0.2, 0) is 11.4 Å². The van der Waals surface area contributed by atoms with Crippen molar-refractivity contribution in [3.8, 4) is 11.8 Å². The summed E-state index contributed by atoms with van der Waals surface area (Å²) in [4.78, 5) is 0. The first kappa shape index (κ1) is 16.6. The van der Waals surface area contributed by atoms with E-state index < -0.39 is 11.4 Å². The molecule has 3 rings (SSSR count). The highest BCUT2D eigenvalue weighted by Crippen LogP contribution is 2.31.